The first-order chi connectivity index (χ1) is 7.95. The van der Waals surface area contributed by atoms with Gasteiger partial charge in [-0.15, -0.1) is 0 Å². The number of aliphatic imine (C=N–C) groups is 1. The van der Waals surface area contributed by atoms with Gasteiger partial charge in [-0.25, -0.2) is 0 Å². The molecule has 78 valence electrons. The summed E-state index contributed by atoms with van der Waals surface area (Å²) in [7, 11) is 0. The van der Waals surface area contributed by atoms with Gasteiger partial charge in [-0.3, -0.25) is 4.99 Å². The second kappa shape index (κ2) is 3.94. The highest BCUT2D eigenvalue weighted by atomic mass is 32.1. The summed E-state index contributed by atoms with van der Waals surface area (Å²) in [6.45, 7) is 0. The Labute approximate surface area is 97.7 Å². The molecule has 2 aromatic rings. The topological polar surface area (TPSA) is 28.1 Å². The molecule has 0 unspecified atom stereocenters. The van der Waals surface area contributed by atoms with Crippen LogP contribution in [0.2, 0.25) is 0 Å². The summed E-state index contributed by atoms with van der Waals surface area (Å²) in [5.41, 5.74) is 4.50. The molecule has 0 amide bonds. The van der Waals surface area contributed by atoms with Crippen LogP contribution in [0.1, 0.15) is 11.3 Å². The molecule has 0 bridgehead atoms. The molecule has 1 aliphatic heterocycles. The van der Waals surface area contributed by atoms with E-state index in [-0.39, 0.29) is 0 Å². The number of thiophene rings is 1. The summed E-state index contributed by atoms with van der Waals surface area (Å²) in [5, 5.41) is 4.23. The fourth-order valence-corrected chi connectivity index (χ4v) is 2.43. The van der Waals surface area contributed by atoms with E-state index in [1.54, 1.807) is 11.3 Å². The third kappa shape index (κ3) is 1.55. The second-order valence-electron chi connectivity index (χ2n) is 3.49. The number of hydrogen-bond acceptors (Lipinski definition) is 2. The number of nitrogens with zero attached hydrogens (tertiary/aromatic N) is 1. The predicted molar refractivity (Wildman–Crippen MR) is 68.8 cm³/mol. The number of rotatable bonds is 2. The lowest BCUT2D eigenvalue weighted by Crippen LogP contribution is -1.89. The largest absolute Gasteiger partial charge is 0.361 e. The van der Waals surface area contributed by atoms with Gasteiger partial charge < -0.3 is 4.98 Å². The number of aromatic amines is 1. The molecule has 16 heavy (non-hydrogen) atoms. The van der Waals surface area contributed by atoms with Crippen molar-refractivity contribution in [2.45, 2.75) is 0 Å². The van der Waals surface area contributed by atoms with Gasteiger partial charge in [0.15, 0.2) is 0 Å². The molecule has 0 fully saturated rings. The maximum absolute atomic E-state index is 4.38. The van der Waals surface area contributed by atoms with Gasteiger partial charge in [0, 0.05) is 23.7 Å². The lowest BCUT2D eigenvalue weighted by Gasteiger charge is -2.05. The summed E-state index contributed by atoms with van der Waals surface area (Å²) in [6, 6.07) is 6.20. The van der Waals surface area contributed by atoms with E-state index in [1.165, 1.54) is 5.56 Å². The van der Waals surface area contributed by atoms with E-state index >= 15 is 0 Å². The third-order valence-corrected chi connectivity index (χ3v) is 3.17. The molecular weight excluding hydrogens is 216 g/mol. The maximum atomic E-state index is 4.38. The van der Waals surface area contributed by atoms with Gasteiger partial charge in [0.1, 0.15) is 0 Å². The molecule has 1 aliphatic rings. The van der Waals surface area contributed by atoms with Gasteiger partial charge in [0.25, 0.3) is 0 Å². The summed E-state index contributed by atoms with van der Waals surface area (Å²) >= 11 is 1.70. The van der Waals surface area contributed by atoms with Crippen LogP contribution >= 0.6 is 11.3 Å². The van der Waals surface area contributed by atoms with Crippen molar-refractivity contribution in [2.75, 3.05) is 0 Å². The van der Waals surface area contributed by atoms with Crippen molar-refractivity contribution in [1.29, 1.82) is 0 Å². The van der Waals surface area contributed by atoms with Crippen molar-refractivity contribution in [3.05, 3.63) is 64.3 Å². The minimum absolute atomic E-state index is 1.01. The molecule has 0 aromatic carbocycles. The van der Waals surface area contributed by atoms with E-state index in [0.717, 1.165) is 17.0 Å². The highest BCUT2D eigenvalue weighted by molar-refractivity contribution is 7.08. The Hall–Kier alpha value is -1.87. The summed E-state index contributed by atoms with van der Waals surface area (Å²) in [4.78, 5) is 7.62. The first-order valence-corrected chi connectivity index (χ1v) is 6.01. The lowest BCUT2D eigenvalue weighted by molar-refractivity contribution is 1.32. The average molecular weight is 226 g/mol. The maximum Gasteiger partial charge on any atom is 0.0729 e. The highest BCUT2D eigenvalue weighted by Gasteiger charge is 2.12. The van der Waals surface area contributed by atoms with Gasteiger partial charge >= 0.3 is 0 Å². The van der Waals surface area contributed by atoms with E-state index in [1.807, 2.05) is 30.6 Å². The Bertz CT molecular complexity index is 507. The molecule has 0 saturated carbocycles. The van der Waals surface area contributed by atoms with Crippen LogP contribution in [0, 0.1) is 0 Å². The molecule has 3 rings (SSSR count). The second-order valence-corrected chi connectivity index (χ2v) is 4.27. The minimum atomic E-state index is 1.01. The number of hydrogen-bond donors (Lipinski definition) is 1. The normalized spacial score (nSPS) is 17.0. The molecule has 0 aliphatic carbocycles. The molecule has 0 spiro atoms. The molecule has 0 saturated heterocycles. The third-order valence-electron chi connectivity index (χ3n) is 2.49. The van der Waals surface area contributed by atoms with Crippen LogP contribution < -0.4 is 0 Å². The lowest BCUT2D eigenvalue weighted by atomic mass is 10.0. The van der Waals surface area contributed by atoms with E-state index in [2.05, 4.69) is 32.9 Å². The number of allylic oxidation sites excluding steroid dienone is 2. The Morgan fingerprint density at radius 1 is 1.31 bits per heavy atom. The zero-order chi connectivity index (χ0) is 10.8. The highest BCUT2D eigenvalue weighted by Crippen LogP contribution is 2.29. The van der Waals surface area contributed by atoms with Crippen LogP contribution in [0.15, 0.2) is 58.0 Å². The Morgan fingerprint density at radius 3 is 2.94 bits per heavy atom. The van der Waals surface area contributed by atoms with Crippen LogP contribution in [-0.2, 0) is 0 Å². The molecule has 3 heteroatoms. The Morgan fingerprint density at radius 2 is 2.31 bits per heavy atom. The van der Waals surface area contributed by atoms with Crippen molar-refractivity contribution in [1.82, 2.24) is 4.98 Å². The fraction of sp³-hybridized carbons (Fsp3) is 0. The zero-order valence-electron chi connectivity index (χ0n) is 8.55. The molecule has 2 nitrogen and oxygen atoms in total. The molecule has 0 radical (unpaired) electrons. The van der Waals surface area contributed by atoms with Crippen LogP contribution in [-0.4, -0.2) is 11.2 Å². The van der Waals surface area contributed by atoms with Crippen LogP contribution in [0.5, 0.6) is 0 Å². The van der Waals surface area contributed by atoms with E-state index in [9.17, 15) is 0 Å². The van der Waals surface area contributed by atoms with Gasteiger partial charge in [0.05, 0.1) is 5.70 Å². The van der Waals surface area contributed by atoms with Gasteiger partial charge in [-0.2, -0.15) is 11.3 Å². The standard InChI is InChI=1S/C13H10N2S/c1-3-11(14-6-1)13(10-5-8-16-9-10)12-4-2-7-15-12/h1-9,14H/b13-12+. The van der Waals surface area contributed by atoms with Gasteiger partial charge in [-0.1, -0.05) is 0 Å². The van der Waals surface area contributed by atoms with E-state index in [0.29, 0.717) is 0 Å². The van der Waals surface area contributed by atoms with Crippen molar-refractivity contribution in [2.24, 2.45) is 4.99 Å². The number of H-pyrrole nitrogens is 1. The first kappa shape index (κ1) is 9.36. The molecule has 2 aromatic heterocycles. The number of aromatic nitrogens is 1. The first-order valence-electron chi connectivity index (χ1n) is 5.06. The molecule has 0 atom stereocenters. The minimum Gasteiger partial charge on any atom is -0.361 e. The average Bonchev–Trinajstić information content (AvgIpc) is 3.02. The van der Waals surface area contributed by atoms with Crippen molar-refractivity contribution in [3.8, 4) is 0 Å². The van der Waals surface area contributed by atoms with Crippen LogP contribution in [0.25, 0.3) is 5.57 Å². The SMILES string of the molecule is C1=C/C(=C(/c2ccsc2)c2ccc[nH]2)N=C1. The summed E-state index contributed by atoms with van der Waals surface area (Å²) in [5.74, 6) is 0. The van der Waals surface area contributed by atoms with Gasteiger partial charge in [-0.05, 0) is 46.7 Å². The Balaban J connectivity index is 2.20. The quantitative estimate of drug-likeness (QED) is 0.812. The monoisotopic (exact) mass is 226 g/mol. The van der Waals surface area contributed by atoms with Gasteiger partial charge in [0.2, 0.25) is 0 Å². The number of nitrogens with one attached hydrogen (secondary N) is 1. The van der Waals surface area contributed by atoms with Crippen molar-refractivity contribution in [3.63, 3.8) is 0 Å². The zero-order valence-corrected chi connectivity index (χ0v) is 9.37. The predicted octanol–water partition coefficient (Wildman–Crippen LogP) is 3.48. The fourth-order valence-electron chi connectivity index (χ4n) is 1.78. The smallest absolute Gasteiger partial charge is 0.0729 e. The molecule has 1 N–H and O–H groups in total. The summed E-state index contributed by atoms with van der Waals surface area (Å²) < 4.78 is 0. The molecule has 3 heterocycles. The molecular formula is C13H10N2S. The van der Waals surface area contributed by atoms with Crippen molar-refractivity contribution >= 4 is 23.1 Å². The van der Waals surface area contributed by atoms with Crippen LogP contribution in [0.3, 0.4) is 0 Å². The van der Waals surface area contributed by atoms with Crippen LogP contribution in [0.4, 0.5) is 0 Å². The van der Waals surface area contributed by atoms with E-state index < -0.39 is 0 Å². The Kier molecular flexibility index (Phi) is 2.31. The van der Waals surface area contributed by atoms with Crippen molar-refractivity contribution < 1.29 is 0 Å². The summed E-state index contributed by atoms with van der Waals surface area (Å²) in [6.07, 6.45) is 7.76. The van der Waals surface area contributed by atoms with E-state index in [4.69, 9.17) is 0 Å².